The SMILES string of the molecule is CC(C)(C)c1cc(O)nc(N)n1. The van der Waals surface area contributed by atoms with Crippen LogP contribution in [-0.2, 0) is 5.41 Å². The van der Waals surface area contributed by atoms with E-state index in [4.69, 9.17) is 10.8 Å². The van der Waals surface area contributed by atoms with Crippen LogP contribution < -0.4 is 5.73 Å². The van der Waals surface area contributed by atoms with E-state index in [1.165, 1.54) is 6.07 Å². The molecule has 0 bridgehead atoms. The molecule has 1 rings (SSSR count). The average Bonchev–Trinajstić information content (AvgIpc) is 1.82. The van der Waals surface area contributed by atoms with Crippen molar-refractivity contribution in [1.29, 1.82) is 0 Å². The lowest BCUT2D eigenvalue weighted by Gasteiger charge is -2.17. The molecule has 0 unspecified atom stereocenters. The van der Waals surface area contributed by atoms with E-state index >= 15 is 0 Å². The second-order valence-corrected chi connectivity index (χ2v) is 3.72. The summed E-state index contributed by atoms with van der Waals surface area (Å²) in [4.78, 5) is 7.58. The van der Waals surface area contributed by atoms with E-state index in [1.807, 2.05) is 20.8 Å². The van der Waals surface area contributed by atoms with Crippen LogP contribution in [0.15, 0.2) is 6.07 Å². The summed E-state index contributed by atoms with van der Waals surface area (Å²) in [5.41, 5.74) is 6.00. The van der Waals surface area contributed by atoms with Gasteiger partial charge in [0.1, 0.15) is 0 Å². The van der Waals surface area contributed by atoms with Crippen LogP contribution in [0.2, 0.25) is 0 Å². The number of hydrogen-bond donors (Lipinski definition) is 2. The van der Waals surface area contributed by atoms with Gasteiger partial charge in [-0.25, -0.2) is 4.98 Å². The van der Waals surface area contributed by atoms with E-state index in [0.29, 0.717) is 0 Å². The van der Waals surface area contributed by atoms with Crippen molar-refractivity contribution in [3.8, 4) is 5.88 Å². The first-order valence-corrected chi connectivity index (χ1v) is 3.73. The maximum Gasteiger partial charge on any atom is 0.223 e. The summed E-state index contributed by atoms with van der Waals surface area (Å²) in [7, 11) is 0. The van der Waals surface area contributed by atoms with Crippen LogP contribution in [0.5, 0.6) is 5.88 Å². The van der Waals surface area contributed by atoms with Crippen molar-refractivity contribution in [2.24, 2.45) is 0 Å². The zero-order valence-corrected chi connectivity index (χ0v) is 7.50. The molecule has 3 N–H and O–H groups in total. The molecule has 0 saturated carbocycles. The van der Waals surface area contributed by atoms with E-state index in [1.54, 1.807) is 0 Å². The highest BCUT2D eigenvalue weighted by atomic mass is 16.3. The van der Waals surface area contributed by atoms with Crippen LogP contribution in [0.4, 0.5) is 5.95 Å². The molecule has 4 nitrogen and oxygen atoms in total. The highest BCUT2D eigenvalue weighted by Crippen LogP contribution is 2.22. The van der Waals surface area contributed by atoms with Gasteiger partial charge >= 0.3 is 0 Å². The number of aromatic nitrogens is 2. The maximum absolute atomic E-state index is 9.13. The minimum Gasteiger partial charge on any atom is -0.493 e. The topological polar surface area (TPSA) is 72.0 Å². The highest BCUT2D eigenvalue weighted by molar-refractivity contribution is 5.28. The minimum absolute atomic E-state index is 0.0765. The molecule has 0 atom stereocenters. The van der Waals surface area contributed by atoms with Crippen molar-refractivity contribution in [2.75, 3.05) is 5.73 Å². The maximum atomic E-state index is 9.13. The van der Waals surface area contributed by atoms with Gasteiger partial charge in [-0.05, 0) is 0 Å². The number of nitrogen functional groups attached to an aromatic ring is 1. The molecule has 4 heteroatoms. The zero-order valence-electron chi connectivity index (χ0n) is 7.50. The van der Waals surface area contributed by atoms with Gasteiger partial charge in [-0.15, -0.1) is 0 Å². The highest BCUT2D eigenvalue weighted by Gasteiger charge is 2.16. The molecule has 0 aliphatic rings. The first-order chi connectivity index (χ1) is 5.39. The summed E-state index contributed by atoms with van der Waals surface area (Å²) in [5.74, 6) is 0.0346. The van der Waals surface area contributed by atoms with E-state index in [2.05, 4.69) is 9.97 Å². The fraction of sp³-hybridized carbons (Fsp3) is 0.500. The van der Waals surface area contributed by atoms with Gasteiger partial charge in [-0.3, -0.25) is 0 Å². The van der Waals surface area contributed by atoms with E-state index < -0.39 is 0 Å². The van der Waals surface area contributed by atoms with Gasteiger partial charge in [0.25, 0.3) is 0 Å². The first kappa shape index (κ1) is 8.77. The molecular weight excluding hydrogens is 154 g/mol. The van der Waals surface area contributed by atoms with E-state index in [0.717, 1.165) is 5.69 Å². The van der Waals surface area contributed by atoms with Crippen molar-refractivity contribution in [1.82, 2.24) is 9.97 Å². The average molecular weight is 167 g/mol. The lowest BCUT2D eigenvalue weighted by molar-refractivity contribution is 0.446. The van der Waals surface area contributed by atoms with Gasteiger partial charge < -0.3 is 10.8 Å². The molecule has 12 heavy (non-hydrogen) atoms. The number of hydrogen-bond acceptors (Lipinski definition) is 4. The summed E-state index contributed by atoms with van der Waals surface area (Å²) >= 11 is 0. The molecule has 1 aromatic rings. The third-order valence-corrected chi connectivity index (χ3v) is 1.50. The molecule has 0 radical (unpaired) electrons. The van der Waals surface area contributed by atoms with E-state index in [9.17, 15) is 0 Å². The van der Waals surface area contributed by atoms with Gasteiger partial charge in [0.15, 0.2) is 0 Å². The number of rotatable bonds is 0. The van der Waals surface area contributed by atoms with Crippen LogP contribution >= 0.6 is 0 Å². The van der Waals surface area contributed by atoms with Crippen LogP contribution in [0.1, 0.15) is 26.5 Å². The Labute approximate surface area is 71.5 Å². The Bertz CT molecular complexity index is 271. The molecule has 1 aromatic heterocycles. The number of nitrogens with two attached hydrogens (primary N) is 1. The Hall–Kier alpha value is -1.32. The Morgan fingerprint density at radius 3 is 2.33 bits per heavy atom. The molecule has 0 aliphatic heterocycles. The third kappa shape index (κ3) is 1.84. The fourth-order valence-electron chi connectivity index (χ4n) is 0.837. The van der Waals surface area contributed by atoms with Gasteiger partial charge in [0, 0.05) is 11.5 Å². The first-order valence-electron chi connectivity index (χ1n) is 3.73. The normalized spacial score (nSPS) is 11.6. The second-order valence-electron chi connectivity index (χ2n) is 3.72. The summed E-state index contributed by atoms with van der Waals surface area (Å²) in [5, 5.41) is 9.13. The standard InChI is InChI=1S/C8H13N3O/c1-8(2,3)5-4-6(12)11-7(9)10-5/h4H,1-3H3,(H3,9,10,11,12). The molecule has 0 amide bonds. The smallest absolute Gasteiger partial charge is 0.223 e. The monoisotopic (exact) mass is 167 g/mol. The third-order valence-electron chi connectivity index (χ3n) is 1.50. The molecule has 0 aliphatic carbocycles. The Balaban J connectivity index is 3.18. The fourth-order valence-corrected chi connectivity index (χ4v) is 0.837. The summed E-state index contributed by atoms with van der Waals surface area (Å²) < 4.78 is 0. The molecule has 66 valence electrons. The van der Waals surface area contributed by atoms with Crippen LogP contribution in [-0.4, -0.2) is 15.1 Å². The Morgan fingerprint density at radius 2 is 1.92 bits per heavy atom. The van der Waals surface area contributed by atoms with Crippen molar-refractivity contribution in [3.05, 3.63) is 11.8 Å². The Kier molecular flexibility index (Phi) is 1.92. The van der Waals surface area contributed by atoms with Gasteiger partial charge in [0.05, 0.1) is 5.69 Å². The predicted molar refractivity (Wildman–Crippen MR) is 46.8 cm³/mol. The van der Waals surface area contributed by atoms with Crippen molar-refractivity contribution >= 4 is 5.95 Å². The molecule has 0 spiro atoms. The number of anilines is 1. The van der Waals surface area contributed by atoms with Crippen molar-refractivity contribution in [2.45, 2.75) is 26.2 Å². The van der Waals surface area contributed by atoms with Gasteiger partial charge in [-0.1, -0.05) is 20.8 Å². The molecule has 0 fully saturated rings. The molecular formula is C8H13N3O. The van der Waals surface area contributed by atoms with Gasteiger partial charge in [0.2, 0.25) is 11.8 Å². The lowest BCUT2D eigenvalue weighted by atomic mass is 9.92. The largest absolute Gasteiger partial charge is 0.493 e. The van der Waals surface area contributed by atoms with Crippen LogP contribution in [0.3, 0.4) is 0 Å². The molecule has 0 aromatic carbocycles. The lowest BCUT2D eigenvalue weighted by Crippen LogP contribution is -2.14. The predicted octanol–water partition coefficient (Wildman–Crippen LogP) is 1.06. The van der Waals surface area contributed by atoms with E-state index in [-0.39, 0.29) is 17.2 Å². The van der Waals surface area contributed by atoms with Crippen LogP contribution in [0, 0.1) is 0 Å². The quantitative estimate of drug-likeness (QED) is 0.606. The van der Waals surface area contributed by atoms with Crippen LogP contribution in [0.25, 0.3) is 0 Å². The van der Waals surface area contributed by atoms with Crippen molar-refractivity contribution in [3.63, 3.8) is 0 Å². The summed E-state index contributed by atoms with van der Waals surface area (Å²) in [6, 6.07) is 1.52. The summed E-state index contributed by atoms with van der Waals surface area (Å²) in [6.45, 7) is 5.98. The Morgan fingerprint density at radius 1 is 1.33 bits per heavy atom. The number of aromatic hydroxyl groups is 1. The van der Waals surface area contributed by atoms with Gasteiger partial charge in [-0.2, -0.15) is 4.98 Å². The number of nitrogens with zero attached hydrogens (tertiary/aromatic N) is 2. The summed E-state index contributed by atoms with van der Waals surface area (Å²) in [6.07, 6.45) is 0. The molecule has 0 saturated heterocycles. The minimum atomic E-state index is -0.117. The molecule has 1 heterocycles. The zero-order chi connectivity index (χ0) is 9.35. The van der Waals surface area contributed by atoms with Crippen molar-refractivity contribution < 1.29 is 5.11 Å². The second kappa shape index (κ2) is 2.62.